The summed E-state index contributed by atoms with van der Waals surface area (Å²) >= 11 is 12.7. The van der Waals surface area contributed by atoms with Gasteiger partial charge in [0.25, 0.3) is 0 Å². The smallest absolute Gasteiger partial charge is 0.488 e. The van der Waals surface area contributed by atoms with Gasteiger partial charge in [0.15, 0.2) is 5.75 Å². The summed E-state index contributed by atoms with van der Waals surface area (Å²) in [6.07, 6.45) is -8.25. The number of carboxylic acids is 2. The molecule has 4 N–H and O–H groups in total. The molecule has 0 aliphatic heterocycles. The van der Waals surface area contributed by atoms with E-state index in [1.807, 2.05) is 39.2 Å². The second-order valence-electron chi connectivity index (χ2n) is 7.64. The molecule has 0 saturated carbocycles. The molecule has 1 aromatic carbocycles. The lowest BCUT2D eigenvalue weighted by atomic mass is 10.1. The third-order valence-electron chi connectivity index (χ3n) is 4.01. The molecule has 0 spiro atoms. The van der Waals surface area contributed by atoms with Gasteiger partial charge in [-0.1, -0.05) is 23.2 Å². The molecular weight excluding hydrogens is 573 g/mol. The molecular formula is C21H26Cl2F6N4O5. The van der Waals surface area contributed by atoms with Crippen molar-refractivity contribution in [3.63, 3.8) is 0 Å². The average molecular weight is 599 g/mol. The summed E-state index contributed by atoms with van der Waals surface area (Å²) in [7, 11) is 4.02. The number of H-pyrrole nitrogens is 1. The van der Waals surface area contributed by atoms with Crippen molar-refractivity contribution in [3.8, 4) is 17.0 Å². The Morgan fingerprint density at radius 1 is 1.08 bits per heavy atom. The van der Waals surface area contributed by atoms with Crippen LogP contribution in [-0.4, -0.2) is 82.9 Å². The summed E-state index contributed by atoms with van der Waals surface area (Å²) in [5, 5.41) is 25.7. The zero-order valence-electron chi connectivity index (χ0n) is 20.5. The van der Waals surface area contributed by atoms with Gasteiger partial charge in [-0.15, -0.1) is 0 Å². The Labute approximate surface area is 223 Å². The van der Waals surface area contributed by atoms with Crippen molar-refractivity contribution < 1.29 is 50.9 Å². The predicted octanol–water partition coefficient (Wildman–Crippen LogP) is 5.09. The molecule has 0 aliphatic rings. The van der Waals surface area contributed by atoms with Crippen molar-refractivity contribution in [2.75, 3.05) is 27.2 Å². The first kappa shape index (κ1) is 35.2. The van der Waals surface area contributed by atoms with Crippen LogP contribution in [-0.2, 0) is 16.1 Å². The zero-order chi connectivity index (χ0) is 29.8. The Morgan fingerprint density at radius 3 is 1.89 bits per heavy atom. The first-order valence-corrected chi connectivity index (χ1v) is 11.2. The number of carboxylic acid groups (broad SMARTS) is 2. The maximum absolute atomic E-state index is 10.6. The SMILES string of the molecule is CNCCN(C)Cc1c[nH]nc1-c1cc(Cl)c(OC(C)C)c(Cl)c1.O=C(O)C(F)(F)F.O=C(O)C(F)(F)F. The highest BCUT2D eigenvalue weighted by molar-refractivity contribution is 6.37. The molecule has 0 amide bonds. The third kappa shape index (κ3) is 13.2. The van der Waals surface area contributed by atoms with Gasteiger partial charge in [0.1, 0.15) is 0 Å². The number of carbonyl (C=O) groups is 2. The normalized spacial score (nSPS) is 11.4. The molecule has 0 aliphatic carbocycles. The second kappa shape index (κ2) is 15.6. The van der Waals surface area contributed by atoms with E-state index in [2.05, 4.69) is 27.5 Å². The van der Waals surface area contributed by atoms with E-state index in [9.17, 15) is 26.3 Å². The van der Waals surface area contributed by atoms with E-state index in [1.54, 1.807) is 0 Å². The van der Waals surface area contributed by atoms with Gasteiger partial charge in [-0.2, -0.15) is 31.4 Å². The molecule has 216 valence electrons. The number of alkyl halides is 6. The number of hydrogen-bond donors (Lipinski definition) is 4. The van der Waals surface area contributed by atoms with Crippen LogP contribution >= 0.6 is 23.2 Å². The van der Waals surface area contributed by atoms with Crippen LogP contribution in [0.5, 0.6) is 5.75 Å². The Morgan fingerprint density at radius 2 is 1.53 bits per heavy atom. The van der Waals surface area contributed by atoms with Crippen LogP contribution in [0.4, 0.5) is 26.3 Å². The highest BCUT2D eigenvalue weighted by atomic mass is 35.5. The van der Waals surface area contributed by atoms with Crippen molar-refractivity contribution in [2.24, 2.45) is 0 Å². The van der Waals surface area contributed by atoms with Crippen LogP contribution in [0.1, 0.15) is 19.4 Å². The number of aromatic nitrogens is 2. The van der Waals surface area contributed by atoms with Gasteiger partial charge in [0, 0.05) is 37.0 Å². The number of nitrogens with one attached hydrogen (secondary N) is 2. The monoisotopic (exact) mass is 598 g/mol. The van der Waals surface area contributed by atoms with Gasteiger partial charge in [0.2, 0.25) is 0 Å². The molecule has 1 aromatic heterocycles. The predicted molar refractivity (Wildman–Crippen MR) is 127 cm³/mol. The van der Waals surface area contributed by atoms with E-state index in [1.165, 1.54) is 0 Å². The lowest BCUT2D eigenvalue weighted by molar-refractivity contribution is -0.193. The second-order valence-corrected chi connectivity index (χ2v) is 8.46. The van der Waals surface area contributed by atoms with Crippen molar-refractivity contribution in [1.29, 1.82) is 0 Å². The van der Waals surface area contributed by atoms with Crippen LogP contribution < -0.4 is 10.1 Å². The molecule has 2 aromatic rings. The Kier molecular flexibility index (Phi) is 14.5. The molecule has 17 heteroatoms. The standard InChI is InChI=1S/C17H24Cl2N4O.2C2HF3O2/c1-11(2)24-17-14(18)7-12(8-15(17)19)16-13(9-21-22-16)10-23(4)6-5-20-3;2*3-2(4,5)1(6)7/h7-9,11,20H,5-6,10H2,1-4H3,(H,21,22);2*(H,6,7). The number of aromatic amines is 1. The Balaban J connectivity index is 0.000000804. The first-order valence-electron chi connectivity index (χ1n) is 10.4. The van der Waals surface area contributed by atoms with Gasteiger partial charge >= 0.3 is 24.3 Å². The van der Waals surface area contributed by atoms with E-state index in [0.717, 1.165) is 36.5 Å². The maximum Gasteiger partial charge on any atom is 0.490 e. The van der Waals surface area contributed by atoms with Crippen LogP contribution in [0.2, 0.25) is 10.0 Å². The van der Waals surface area contributed by atoms with Gasteiger partial charge in [-0.05, 0) is 40.1 Å². The summed E-state index contributed by atoms with van der Waals surface area (Å²) in [6.45, 7) is 6.54. The summed E-state index contributed by atoms with van der Waals surface area (Å²) in [4.78, 5) is 20.0. The number of benzene rings is 1. The minimum Gasteiger partial charge on any atom is -0.488 e. The fourth-order valence-corrected chi connectivity index (χ4v) is 2.98. The summed E-state index contributed by atoms with van der Waals surface area (Å²) in [6, 6.07) is 3.69. The van der Waals surface area contributed by atoms with Crippen LogP contribution in [0.15, 0.2) is 18.3 Å². The highest BCUT2D eigenvalue weighted by Gasteiger charge is 2.38. The van der Waals surface area contributed by atoms with Crippen LogP contribution in [0.3, 0.4) is 0 Å². The quantitative estimate of drug-likeness (QED) is 0.309. The number of likely N-dealkylation sites (N-methyl/N-ethyl adjacent to an activating group) is 2. The van der Waals surface area contributed by atoms with Gasteiger partial charge in [-0.3, -0.25) is 5.10 Å². The molecule has 0 radical (unpaired) electrons. The van der Waals surface area contributed by atoms with Gasteiger partial charge in [-0.25, -0.2) is 9.59 Å². The summed E-state index contributed by atoms with van der Waals surface area (Å²) in [5.41, 5.74) is 2.82. The fourth-order valence-electron chi connectivity index (χ4n) is 2.40. The lowest BCUT2D eigenvalue weighted by Gasteiger charge is -2.17. The number of rotatable bonds is 8. The van der Waals surface area contributed by atoms with Crippen molar-refractivity contribution in [1.82, 2.24) is 20.4 Å². The molecule has 38 heavy (non-hydrogen) atoms. The van der Waals surface area contributed by atoms with Crippen molar-refractivity contribution >= 4 is 35.1 Å². The van der Waals surface area contributed by atoms with Crippen LogP contribution in [0, 0.1) is 0 Å². The molecule has 1 heterocycles. The number of nitrogens with zero attached hydrogens (tertiary/aromatic N) is 2. The van der Waals surface area contributed by atoms with E-state index in [0.29, 0.717) is 15.8 Å². The van der Waals surface area contributed by atoms with Crippen LogP contribution in [0.25, 0.3) is 11.3 Å². The highest BCUT2D eigenvalue weighted by Crippen LogP contribution is 2.38. The molecule has 0 atom stereocenters. The van der Waals surface area contributed by atoms with E-state index in [-0.39, 0.29) is 6.10 Å². The summed E-state index contributed by atoms with van der Waals surface area (Å²) in [5.74, 6) is -5.00. The van der Waals surface area contributed by atoms with E-state index < -0.39 is 24.3 Å². The fraction of sp³-hybridized carbons (Fsp3) is 0.476. The minimum atomic E-state index is -5.08. The van der Waals surface area contributed by atoms with E-state index >= 15 is 0 Å². The summed E-state index contributed by atoms with van der Waals surface area (Å²) < 4.78 is 69.2. The number of ether oxygens (including phenoxy) is 1. The largest absolute Gasteiger partial charge is 0.490 e. The van der Waals surface area contributed by atoms with E-state index in [4.69, 9.17) is 47.7 Å². The Hall–Kier alpha value is -2.75. The number of hydrogen-bond acceptors (Lipinski definition) is 6. The molecule has 0 bridgehead atoms. The topological polar surface area (TPSA) is 128 Å². The molecule has 9 nitrogen and oxygen atoms in total. The average Bonchev–Trinajstić information content (AvgIpc) is 3.22. The third-order valence-corrected chi connectivity index (χ3v) is 4.57. The number of aliphatic carboxylic acids is 2. The lowest BCUT2D eigenvalue weighted by Crippen LogP contribution is -2.26. The molecule has 0 unspecified atom stereocenters. The number of halogens is 8. The zero-order valence-corrected chi connectivity index (χ0v) is 22.0. The van der Waals surface area contributed by atoms with Gasteiger partial charge < -0.3 is 25.2 Å². The minimum absolute atomic E-state index is 0.00705. The first-order chi connectivity index (χ1) is 17.3. The molecule has 0 saturated heterocycles. The Bertz CT molecular complexity index is 1000. The maximum atomic E-state index is 10.6. The van der Waals surface area contributed by atoms with Crippen molar-refractivity contribution in [3.05, 3.63) is 33.9 Å². The van der Waals surface area contributed by atoms with Gasteiger partial charge in [0.05, 0.1) is 21.8 Å². The van der Waals surface area contributed by atoms with Crippen molar-refractivity contribution in [2.45, 2.75) is 38.8 Å². The molecule has 2 rings (SSSR count). The molecule has 0 fully saturated rings.